The van der Waals surface area contributed by atoms with Crippen molar-refractivity contribution in [2.24, 2.45) is 5.73 Å². The molecule has 0 fully saturated rings. The van der Waals surface area contributed by atoms with Crippen LogP contribution in [0.25, 0.3) is 10.9 Å². The number of fused-ring (bicyclic) bond motifs is 1. The van der Waals surface area contributed by atoms with E-state index in [1.807, 2.05) is 30.3 Å². The molecule has 0 saturated carbocycles. The average Bonchev–Trinajstić information content (AvgIpc) is 2.65. The van der Waals surface area contributed by atoms with Gasteiger partial charge in [0.05, 0.1) is 18.0 Å². The number of H-pyrrole nitrogens is 1. The largest absolute Gasteiger partial charge is 0.493 e. The summed E-state index contributed by atoms with van der Waals surface area (Å²) in [5.74, 6) is 1.05. The molecule has 0 spiro atoms. The van der Waals surface area contributed by atoms with Crippen molar-refractivity contribution in [1.29, 1.82) is 0 Å². The summed E-state index contributed by atoms with van der Waals surface area (Å²) in [5, 5.41) is 0.330. The maximum Gasteiger partial charge on any atom is 0.404 e. The lowest BCUT2D eigenvalue weighted by molar-refractivity contribution is 0.147. The van der Waals surface area contributed by atoms with Crippen molar-refractivity contribution >= 4 is 17.0 Å². The van der Waals surface area contributed by atoms with Crippen LogP contribution in [0.1, 0.15) is 11.4 Å². The molecule has 0 unspecified atom stereocenters. The number of nitrogens with two attached hydrogens (primary N) is 1. The summed E-state index contributed by atoms with van der Waals surface area (Å²) in [6, 6.07) is 12.8. The van der Waals surface area contributed by atoms with Crippen LogP contribution in [-0.2, 0) is 18.0 Å². The van der Waals surface area contributed by atoms with Crippen molar-refractivity contribution in [3.63, 3.8) is 0 Å². The van der Waals surface area contributed by atoms with Crippen LogP contribution in [0, 0.1) is 0 Å². The molecule has 0 aliphatic rings. The quantitative estimate of drug-likeness (QED) is 0.699. The highest BCUT2D eigenvalue weighted by molar-refractivity contribution is 5.81. The minimum atomic E-state index is -0.949. The molecule has 0 aliphatic heterocycles. The number of nitrogens with zero attached hydrogens (tertiary/aromatic N) is 1. The van der Waals surface area contributed by atoms with Gasteiger partial charge in [0, 0.05) is 6.07 Å². The lowest BCUT2D eigenvalue weighted by Gasteiger charge is -2.12. The highest BCUT2D eigenvalue weighted by Gasteiger charge is 2.12. The summed E-state index contributed by atoms with van der Waals surface area (Å²) in [7, 11) is 1.50. The van der Waals surface area contributed by atoms with Gasteiger partial charge in [-0.15, -0.1) is 0 Å². The Kier molecular flexibility index (Phi) is 5.02. The standard InChI is InChI=1S/C18H17N3O5/c1-24-14-8-13-12(17(22)21-16(20-13)10-26-18(19)23)7-15(14)25-9-11-5-3-2-4-6-11/h2-8H,9-10H2,1H3,(H2,19,23)(H,20,21,22). The fourth-order valence-corrected chi connectivity index (χ4v) is 2.41. The minimum absolute atomic E-state index is 0.182. The number of rotatable bonds is 6. The molecule has 0 aliphatic carbocycles. The molecule has 1 amide bonds. The molecule has 3 rings (SSSR count). The highest BCUT2D eigenvalue weighted by atomic mass is 16.5. The van der Waals surface area contributed by atoms with E-state index in [1.54, 1.807) is 12.1 Å². The van der Waals surface area contributed by atoms with Crippen LogP contribution in [0.15, 0.2) is 47.3 Å². The van der Waals surface area contributed by atoms with E-state index in [9.17, 15) is 9.59 Å². The van der Waals surface area contributed by atoms with E-state index in [-0.39, 0.29) is 18.0 Å². The molecule has 8 heteroatoms. The van der Waals surface area contributed by atoms with Crippen LogP contribution in [-0.4, -0.2) is 23.2 Å². The lowest BCUT2D eigenvalue weighted by Crippen LogP contribution is -2.17. The fraction of sp³-hybridized carbons (Fsp3) is 0.167. The summed E-state index contributed by atoms with van der Waals surface area (Å²) >= 11 is 0. The Labute approximate surface area is 148 Å². The van der Waals surface area contributed by atoms with Gasteiger partial charge >= 0.3 is 6.09 Å². The number of hydrogen-bond acceptors (Lipinski definition) is 6. The molecule has 8 nitrogen and oxygen atoms in total. The molecule has 0 atom stereocenters. The van der Waals surface area contributed by atoms with Crippen LogP contribution >= 0.6 is 0 Å². The number of nitrogens with one attached hydrogen (secondary N) is 1. The second-order valence-corrected chi connectivity index (χ2v) is 5.41. The molecule has 1 aromatic heterocycles. The van der Waals surface area contributed by atoms with E-state index >= 15 is 0 Å². The molecular weight excluding hydrogens is 338 g/mol. The Morgan fingerprint density at radius 1 is 1.15 bits per heavy atom. The summed E-state index contributed by atoms with van der Waals surface area (Å²) < 4.78 is 15.8. The van der Waals surface area contributed by atoms with Crippen molar-refractivity contribution in [3.8, 4) is 11.5 Å². The summed E-state index contributed by atoms with van der Waals surface area (Å²) in [6.07, 6.45) is -0.949. The van der Waals surface area contributed by atoms with Gasteiger partial charge in [-0.1, -0.05) is 30.3 Å². The predicted octanol–water partition coefficient (Wildman–Crippen LogP) is 2.11. The topological polar surface area (TPSA) is 117 Å². The molecule has 0 saturated heterocycles. The van der Waals surface area contributed by atoms with Gasteiger partial charge < -0.3 is 24.9 Å². The predicted molar refractivity (Wildman–Crippen MR) is 94.1 cm³/mol. The van der Waals surface area contributed by atoms with Crippen LogP contribution in [0.3, 0.4) is 0 Å². The minimum Gasteiger partial charge on any atom is -0.493 e. The summed E-state index contributed by atoms with van der Waals surface area (Å²) in [6.45, 7) is 0.105. The molecule has 1 heterocycles. The number of ether oxygens (including phenoxy) is 3. The van der Waals surface area contributed by atoms with E-state index < -0.39 is 6.09 Å². The number of methoxy groups -OCH3 is 1. The van der Waals surface area contributed by atoms with Gasteiger partial charge in [-0.3, -0.25) is 4.79 Å². The van der Waals surface area contributed by atoms with Crippen LogP contribution in [0.4, 0.5) is 4.79 Å². The molecule has 0 bridgehead atoms. The third kappa shape index (κ3) is 3.92. The third-order valence-corrected chi connectivity index (χ3v) is 3.63. The number of aromatic nitrogens is 2. The van der Waals surface area contributed by atoms with E-state index in [0.717, 1.165) is 5.56 Å². The monoisotopic (exact) mass is 355 g/mol. The molecule has 2 aromatic carbocycles. The van der Waals surface area contributed by atoms with Gasteiger partial charge in [0.1, 0.15) is 12.4 Å². The van der Waals surface area contributed by atoms with Gasteiger partial charge in [0.2, 0.25) is 0 Å². The normalized spacial score (nSPS) is 10.5. The van der Waals surface area contributed by atoms with Crippen molar-refractivity contribution in [2.75, 3.05) is 7.11 Å². The Hall–Kier alpha value is -3.55. The molecule has 3 N–H and O–H groups in total. The third-order valence-electron chi connectivity index (χ3n) is 3.63. The number of amides is 1. The van der Waals surface area contributed by atoms with Crippen LogP contribution < -0.4 is 20.8 Å². The first-order chi connectivity index (χ1) is 12.6. The zero-order valence-electron chi connectivity index (χ0n) is 14.0. The number of primary amides is 1. The van der Waals surface area contributed by atoms with Gasteiger partial charge in [-0.2, -0.15) is 0 Å². The maximum absolute atomic E-state index is 12.3. The maximum atomic E-state index is 12.3. The first-order valence-corrected chi connectivity index (χ1v) is 7.76. The number of aromatic amines is 1. The second-order valence-electron chi connectivity index (χ2n) is 5.41. The number of carbonyl (C=O) groups excluding carboxylic acids is 1. The Bertz CT molecular complexity index is 985. The zero-order valence-corrected chi connectivity index (χ0v) is 14.0. The smallest absolute Gasteiger partial charge is 0.404 e. The first-order valence-electron chi connectivity index (χ1n) is 7.76. The van der Waals surface area contributed by atoms with E-state index in [0.29, 0.717) is 29.0 Å². The van der Waals surface area contributed by atoms with E-state index in [2.05, 4.69) is 14.7 Å². The molecule has 0 radical (unpaired) electrons. The SMILES string of the molecule is COc1cc2nc(COC(N)=O)[nH]c(=O)c2cc1OCc1ccccc1. The number of benzene rings is 2. The van der Waals surface area contributed by atoms with Crippen LogP contribution in [0.2, 0.25) is 0 Å². The van der Waals surface area contributed by atoms with E-state index in [1.165, 1.54) is 7.11 Å². The van der Waals surface area contributed by atoms with Gasteiger partial charge in [0.25, 0.3) is 5.56 Å². The lowest BCUT2D eigenvalue weighted by atomic mass is 10.2. The van der Waals surface area contributed by atoms with Crippen molar-refractivity contribution in [2.45, 2.75) is 13.2 Å². The van der Waals surface area contributed by atoms with Crippen LogP contribution in [0.5, 0.6) is 11.5 Å². The highest BCUT2D eigenvalue weighted by Crippen LogP contribution is 2.31. The average molecular weight is 355 g/mol. The Balaban J connectivity index is 1.92. The number of hydrogen-bond donors (Lipinski definition) is 2. The summed E-state index contributed by atoms with van der Waals surface area (Å²) in [5.41, 5.74) is 5.91. The van der Waals surface area contributed by atoms with Gasteiger partial charge in [-0.25, -0.2) is 9.78 Å². The van der Waals surface area contributed by atoms with Gasteiger partial charge in [0.15, 0.2) is 18.1 Å². The Morgan fingerprint density at radius 2 is 1.92 bits per heavy atom. The molecule has 26 heavy (non-hydrogen) atoms. The van der Waals surface area contributed by atoms with Crippen molar-refractivity contribution < 1.29 is 19.0 Å². The summed E-state index contributed by atoms with van der Waals surface area (Å²) in [4.78, 5) is 29.8. The second kappa shape index (κ2) is 7.56. The van der Waals surface area contributed by atoms with Crippen molar-refractivity contribution in [3.05, 3.63) is 64.2 Å². The molecule has 3 aromatic rings. The molecule has 134 valence electrons. The Morgan fingerprint density at radius 3 is 2.62 bits per heavy atom. The van der Waals surface area contributed by atoms with Gasteiger partial charge in [-0.05, 0) is 11.6 Å². The number of carbonyl (C=O) groups is 1. The van der Waals surface area contributed by atoms with Crippen molar-refractivity contribution in [1.82, 2.24) is 9.97 Å². The van der Waals surface area contributed by atoms with E-state index in [4.69, 9.17) is 15.2 Å². The fourth-order valence-electron chi connectivity index (χ4n) is 2.41. The zero-order chi connectivity index (χ0) is 18.5. The first kappa shape index (κ1) is 17.3. The molecular formula is C18H17N3O5.